The monoisotopic (exact) mass is 155 g/mol. The molecular weight excluding hydrogens is 147 g/mol. The molecule has 1 amide bonds. The topological polar surface area (TPSA) is 47.0 Å². The molecule has 0 aliphatic carbocycles. The zero-order chi connectivity index (χ0) is 8.43. The van der Waals surface area contributed by atoms with Crippen molar-refractivity contribution in [3.8, 4) is 0 Å². The van der Waals surface area contributed by atoms with Crippen LogP contribution in [0.3, 0.4) is 0 Å². The van der Waals surface area contributed by atoms with Crippen LogP contribution in [0.2, 0.25) is 0 Å². The summed E-state index contributed by atoms with van der Waals surface area (Å²) in [6.45, 7) is 1.69. The average molecular weight is 155 g/mol. The fourth-order valence-electron chi connectivity index (χ4n) is 0.799. The molecule has 1 heterocycles. The van der Waals surface area contributed by atoms with Gasteiger partial charge < -0.3 is 5.73 Å². The van der Waals surface area contributed by atoms with Crippen LogP contribution < -0.4 is 10.5 Å². The number of pyridine rings is 1. The van der Waals surface area contributed by atoms with E-state index in [1.54, 1.807) is 6.92 Å². The van der Waals surface area contributed by atoms with Crippen LogP contribution in [-0.4, -0.2) is 5.91 Å². The molecular formula is C7H8FN2O+. The first-order valence-corrected chi connectivity index (χ1v) is 3.09. The van der Waals surface area contributed by atoms with E-state index in [0.29, 0.717) is 10.4 Å². The zero-order valence-corrected chi connectivity index (χ0v) is 6.04. The molecule has 0 aliphatic rings. The molecule has 58 valence electrons. The third-order valence-electron chi connectivity index (χ3n) is 1.41. The molecule has 0 aromatic carbocycles. The molecule has 0 radical (unpaired) electrons. The van der Waals surface area contributed by atoms with Gasteiger partial charge in [0.1, 0.15) is 5.56 Å². The highest BCUT2D eigenvalue weighted by atomic mass is 19.2. The molecule has 0 unspecified atom stereocenters. The molecule has 0 aliphatic heterocycles. The molecule has 3 nitrogen and oxygen atoms in total. The minimum Gasteiger partial charge on any atom is -0.365 e. The molecule has 1 aromatic rings. The van der Waals surface area contributed by atoms with Gasteiger partial charge in [-0.25, -0.2) is 0 Å². The maximum Gasteiger partial charge on any atom is 0.255 e. The summed E-state index contributed by atoms with van der Waals surface area (Å²) < 4.78 is 12.4. The number of nitrogens with two attached hydrogens (primary N) is 1. The van der Waals surface area contributed by atoms with Gasteiger partial charge in [-0.3, -0.25) is 4.79 Å². The number of halogens is 1. The van der Waals surface area contributed by atoms with Crippen LogP contribution in [0.15, 0.2) is 18.5 Å². The number of nitrogens with zero attached hydrogens (tertiary/aromatic N) is 1. The number of amides is 1. The van der Waals surface area contributed by atoms with E-state index < -0.39 is 5.91 Å². The second-order valence-corrected chi connectivity index (χ2v) is 2.25. The van der Waals surface area contributed by atoms with E-state index >= 15 is 0 Å². The minimum atomic E-state index is -0.616. The molecule has 0 fully saturated rings. The van der Waals surface area contributed by atoms with Crippen molar-refractivity contribution in [2.24, 2.45) is 5.73 Å². The van der Waals surface area contributed by atoms with Crippen LogP contribution >= 0.6 is 0 Å². The summed E-state index contributed by atoms with van der Waals surface area (Å²) in [5.41, 5.74) is 5.84. The molecule has 1 rings (SSSR count). The van der Waals surface area contributed by atoms with E-state index in [1.807, 2.05) is 0 Å². The average Bonchev–Trinajstić information content (AvgIpc) is 1.94. The lowest BCUT2D eigenvalue weighted by atomic mass is 10.1. The molecule has 2 N–H and O–H groups in total. The van der Waals surface area contributed by atoms with Gasteiger partial charge in [0.15, 0.2) is 0 Å². The van der Waals surface area contributed by atoms with Gasteiger partial charge >= 0.3 is 0 Å². The van der Waals surface area contributed by atoms with E-state index in [0.717, 1.165) is 6.20 Å². The Balaban J connectivity index is 3.23. The quantitative estimate of drug-likeness (QED) is 0.615. The Hall–Kier alpha value is -1.45. The van der Waals surface area contributed by atoms with E-state index in [-0.39, 0.29) is 5.56 Å². The fourth-order valence-corrected chi connectivity index (χ4v) is 0.799. The lowest BCUT2D eigenvalue weighted by Crippen LogP contribution is -2.25. The summed E-state index contributed by atoms with van der Waals surface area (Å²) in [7, 11) is 0. The largest absolute Gasteiger partial charge is 0.365 e. The Kier molecular flexibility index (Phi) is 1.85. The Morgan fingerprint density at radius 1 is 1.73 bits per heavy atom. The highest BCUT2D eigenvalue weighted by Gasteiger charge is 2.10. The highest BCUT2D eigenvalue weighted by molar-refractivity contribution is 5.93. The van der Waals surface area contributed by atoms with Crippen LogP contribution in [-0.2, 0) is 0 Å². The summed E-state index contributed by atoms with van der Waals surface area (Å²) >= 11 is 0. The van der Waals surface area contributed by atoms with Crippen molar-refractivity contribution < 1.29 is 14.1 Å². The molecule has 1 aromatic heterocycles. The number of aromatic nitrogens is 1. The first-order valence-electron chi connectivity index (χ1n) is 3.09. The van der Waals surface area contributed by atoms with Gasteiger partial charge in [0.2, 0.25) is 12.4 Å². The summed E-state index contributed by atoms with van der Waals surface area (Å²) in [5, 5.41) is 0. The smallest absolute Gasteiger partial charge is 0.255 e. The van der Waals surface area contributed by atoms with Crippen LogP contribution in [0.5, 0.6) is 0 Å². The number of hydrogen-bond donors (Lipinski definition) is 1. The van der Waals surface area contributed by atoms with Crippen molar-refractivity contribution in [2.45, 2.75) is 6.92 Å². The van der Waals surface area contributed by atoms with Crippen molar-refractivity contribution in [3.63, 3.8) is 0 Å². The first kappa shape index (κ1) is 7.65. The first-order chi connectivity index (χ1) is 5.11. The predicted octanol–water partition coefficient (Wildman–Crippen LogP) is 0.114. The van der Waals surface area contributed by atoms with E-state index in [1.165, 1.54) is 12.3 Å². The van der Waals surface area contributed by atoms with Crippen LogP contribution in [0, 0.1) is 6.92 Å². The van der Waals surface area contributed by atoms with Gasteiger partial charge in [-0.15, -0.1) is 0 Å². The van der Waals surface area contributed by atoms with Crippen LogP contribution in [0.4, 0.5) is 4.48 Å². The van der Waals surface area contributed by atoms with Crippen molar-refractivity contribution >= 4 is 5.91 Å². The summed E-state index contributed by atoms with van der Waals surface area (Å²) in [6.07, 6.45) is 2.26. The Labute approximate surface area is 63.2 Å². The molecule has 0 saturated heterocycles. The highest BCUT2D eigenvalue weighted by Crippen LogP contribution is 2.01. The predicted molar refractivity (Wildman–Crippen MR) is 36.4 cm³/mol. The maximum absolute atomic E-state index is 12.4. The van der Waals surface area contributed by atoms with Gasteiger partial charge in [-0.2, -0.15) is 0 Å². The maximum atomic E-state index is 12.4. The molecule has 0 atom stereocenters. The van der Waals surface area contributed by atoms with Crippen molar-refractivity contribution in [1.82, 2.24) is 0 Å². The number of carbonyl (C=O) groups is 1. The van der Waals surface area contributed by atoms with Crippen LogP contribution in [0.1, 0.15) is 15.9 Å². The lowest BCUT2D eigenvalue weighted by molar-refractivity contribution is -0.844. The van der Waals surface area contributed by atoms with Gasteiger partial charge in [0, 0.05) is 10.9 Å². The molecule has 11 heavy (non-hydrogen) atoms. The SMILES string of the molecule is Cc1cc[n+](F)cc1C(N)=O. The molecule has 0 spiro atoms. The standard InChI is InChI=1S/C7H7FN2O/c1-5-2-3-10(8)4-6(5)7(9)11/h2-4H,1H3,(H-,9,11)/p+1. The summed E-state index contributed by atoms with van der Waals surface area (Å²) in [5.74, 6) is -0.616. The van der Waals surface area contributed by atoms with Crippen molar-refractivity contribution in [1.29, 1.82) is 0 Å². The number of primary amides is 1. The van der Waals surface area contributed by atoms with Crippen molar-refractivity contribution in [3.05, 3.63) is 29.6 Å². The van der Waals surface area contributed by atoms with Crippen molar-refractivity contribution in [2.75, 3.05) is 0 Å². The molecule has 0 saturated carbocycles. The molecule has 0 bridgehead atoms. The number of carbonyl (C=O) groups excluding carboxylic acids is 1. The third-order valence-corrected chi connectivity index (χ3v) is 1.41. The summed E-state index contributed by atoms with van der Waals surface area (Å²) in [4.78, 5) is 10.9. The minimum absolute atomic E-state index is 0.204. The second kappa shape index (κ2) is 2.65. The number of hydrogen-bond acceptors (Lipinski definition) is 1. The summed E-state index contributed by atoms with van der Waals surface area (Å²) in [6, 6.07) is 1.49. The number of aryl methyl sites for hydroxylation is 1. The Morgan fingerprint density at radius 3 is 2.82 bits per heavy atom. The number of rotatable bonds is 1. The van der Waals surface area contributed by atoms with Gasteiger partial charge in [-0.05, 0) is 12.5 Å². The fraction of sp³-hybridized carbons (Fsp3) is 0.143. The van der Waals surface area contributed by atoms with E-state index in [4.69, 9.17) is 5.73 Å². The van der Waals surface area contributed by atoms with Gasteiger partial charge in [0.25, 0.3) is 5.91 Å². The zero-order valence-electron chi connectivity index (χ0n) is 6.04. The van der Waals surface area contributed by atoms with Gasteiger partial charge in [0.05, 0.1) is 4.48 Å². The normalized spacial score (nSPS) is 9.64. The second-order valence-electron chi connectivity index (χ2n) is 2.25. The van der Waals surface area contributed by atoms with Gasteiger partial charge in [-0.1, -0.05) is 0 Å². The Bertz CT molecular complexity index is 298. The van der Waals surface area contributed by atoms with E-state index in [9.17, 15) is 9.28 Å². The van der Waals surface area contributed by atoms with Crippen LogP contribution in [0.25, 0.3) is 0 Å². The Morgan fingerprint density at radius 2 is 2.36 bits per heavy atom. The lowest BCUT2D eigenvalue weighted by Gasteiger charge is -1.93. The molecule has 4 heteroatoms. The van der Waals surface area contributed by atoms with E-state index in [2.05, 4.69) is 0 Å². The third kappa shape index (κ3) is 1.52.